The van der Waals surface area contributed by atoms with Crippen LogP contribution in [0.25, 0.3) is 0 Å². The molecule has 1 fully saturated rings. The molecule has 2 heterocycles. The number of ether oxygens (including phenoxy) is 1. The van der Waals surface area contributed by atoms with Gasteiger partial charge in [-0.15, -0.1) is 5.10 Å². The summed E-state index contributed by atoms with van der Waals surface area (Å²) < 4.78 is 47.7. The van der Waals surface area contributed by atoms with Gasteiger partial charge in [-0.25, -0.2) is 13.2 Å². The number of hydrogen-bond acceptors (Lipinski definition) is 6. The van der Waals surface area contributed by atoms with Crippen molar-refractivity contribution in [2.45, 2.75) is 24.8 Å². The van der Waals surface area contributed by atoms with Crippen LogP contribution in [-0.2, 0) is 0 Å². The molecule has 172 valence electrons. The Labute approximate surface area is 187 Å². The highest BCUT2D eigenvalue weighted by Gasteiger charge is 2.34. The molecule has 2 atom stereocenters. The Bertz CT molecular complexity index is 1140. The van der Waals surface area contributed by atoms with Gasteiger partial charge in [-0.1, -0.05) is 0 Å². The summed E-state index contributed by atoms with van der Waals surface area (Å²) in [4.78, 5) is 14.4. The number of benzene rings is 2. The zero-order valence-corrected chi connectivity index (χ0v) is 17.4. The number of carbonyl (C=O) groups is 1. The normalized spacial score (nSPS) is 18.2. The number of amides is 1. The van der Waals surface area contributed by atoms with Crippen molar-refractivity contribution in [3.05, 3.63) is 77.2 Å². The Kier molecular flexibility index (Phi) is 6.45. The molecule has 0 unspecified atom stereocenters. The maximum Gasteiger partial charge on any atom is 0.257 e. The fourth-order valence-electron chi connectivity index (χ4n) is 3.89. The van der Waals surface area contributed by atoms with E-state index in [2.05, 4.69) is 10.2 Å². The lowest BCUT2D eigenvalue weighted by Crippen LogP contribution is -2.47. The lowest BCUT2D eigenvalue weighted by Gasteiger charge is -2.38. The van der Waals surface area contributed by atoms with Crippen LogP contribution in [0.4, 0.5) is 19.0 Å². The number of hydrogen-bond donors (Lipinski definition) is 2. The molecule has 0 saturated carbocycles. The van der Waals surface area contributed by atoms with E-state index >= 15 is 0 Å². The Morgan fingerprint density at radius 3 is 2.52 bits per heavy atom. The van der Waals surface area contributed by atoms with Crippen LogP contribution in [0.3, 0.4) is 0 Å². The number of aliphatic hydroxyl groups is 1. The second-order valence-corrected chi connectivity index (χ2v) is 7.76. The number of piperidine rings is 1. The van der Waals surface area contributed by atoms with Crippen LogP contribution in [0.1, 0.15) is 34.8 Å². The highest BCUT2D eigenvalue weighted by Crippen LogP contribution is 2.33. The van der Waals surface area contributed by atoms with Gasteiger partial charge in [-0.05, 0) is 55.3 Å². The third-order valence-corrected chi connectivity index (χ3v) is 5.60. The molecule has 1 aromatic heterocycles. The van der Waals surface area contributed by atoms with Gasteiger partial charge < -0.3 is 20.5 Å². The average molecular weight is 458 g/mol. The lowest BCUT2D eigenvalue weighted by atomic mass is 9.88. The number of aromatic nitrogens is 2. The maximum absolute atomic E-state index is 14.8. The second kappa shape index (κ2) is 9.45. The molecule has 1 saturated heterocycles. The summed E-state index contributed by atoms with van der Waals surface area (Å²) in [5, 5.41) is 17.8. The SMILES string of the molecule is Nc1ccc([C@@H]2CCN(C(=O)c3cc(F)c(Oc4ccc(F)cc4)cc3F)[C@H](CO)C2)nn1. The molecule has 3 aromatic rings. The number of halogens is 3. The highest BCUT2D eigenvalue weighted by atomic mass is 19.1. The molecular weight excluding hydrogens is 437 g/mol. The zero-order chi connectivity index (χ0) is 23.5. The Morgan fingerprint density at radius 2 is 1.85 bits per heavy atom. The molecule has 2 aromatic carbocycles. The molecule has 0 aliphatic carbocycles. The molecule has 3 N–H and O–H groups in total. The van der Waals surface area contributed by atoms with E-state index in [0.29, 0.717) is 18.5 Å². The van der Waals surface area contributed by atoms with E-state index in [1.165, 1.54) is 17.0 Å². The number of likely N-dealkylation sites (tertiary alicyclic amines) is 1. The van der Waals surface area contributed by atoms with Gasteiger partial charge >= 0.3 is 0 Å². The number of aliphatic hydroxyl groups excluding tert-OH is 1. The fourth-order valence-corrected chi connectivity index (χ4v) is 3.89. The quantitative estimate of drug-likeness (QED) is 0.605. The van der Waals surface area contributed by atoms with Gasteiger partial charge in [0.15, 0.2) is 11.6 Å². The van der Waals surface area contributed by atoms with Crippen LogP contribution >= 0.6 is 0 Å². The van der Waals surface area contributed by atoms with E-state index in [1.807, 2.05) is 0 Å². The van der Waals surface area contributed by atoms with Crippen LogP contribution in [0.5, 0.6) is 11.5 Å². The van der Waals surface area contributed by atoms with Crippen molar-refractivity contribution < 1.29 is 27.8 Å². The van der Waals surface area contributed by atoms with Gasteiger partial charge in [0.2, 0.25) is 0 Å². The van der Waals surface area contributed by atoms with Crippen molar-refractivity contribution in [1.82, 2.24) is 15.1 Å². The van der Waals surface area contributed by atoms with E-state index in [-0.39, 0.29) is 30.6 Å². The summed E-state index contributed by atoms with van der Waals surface area (Å²) in [6, 6.07) is 9.09. The largest absolute Gasteiger partial charge is 0.454 e. The molecule has 7 nitrogen and oxygen atoms in total. The number of rotatable bonds is 5. The molecular formula is C23H21F3N4O3. The first-order valence-corrected chi connectivity index (χ1v) is 10.3. The average Bonchev–Trinajstić information content (AvgIpc) is 2.82. The van der Waals surface area contributed by atoms with Crippen molar-refractivity contribution in [1.29, 1.82) is 0 Å². The fraction of sp³-hybridized carbons (Fsp3) is 0.261. The smallest absolute Gasteiger partial charge is 0.257 e. The minimum Gasteiger partial charge on any atom is -0.454 e. The van der Waals surface area contributed by atoms with Gasteiger partial charge in [-0.2, -0.15) is 5.10 Å². The van der Waals surface area contributed by atoms with Crippen LogP contribution < -0.4 is 10.5 Å². The van der Waals surface area contributed by atoms with Gasteiger partial charge in [0.25, 0.3) is 5.91 Å². The van der Waals surface area contributed by atoms with E-state index < -0.39 is 40.7 Å². The molecule has 0 spiro atoms. The monoisotopic (exact) mass is 458 g/mol. The third-order valence-electron chi connectivity index (χ3n) is 5.60. The molecule has 1 amide bonds. The third kappa shape index (κ3) is 4.90. The first-order chi connectivity index (χ1) is 15.9. The number of anilines is 1. The van der Waals surface area contributed by atoms with Crippen molar-refractivity contribution in [2.24, 2.45) is 0 Å². The Balaban J connectivity index is 1.51. The van der Waals surface area contributed by atoms with Crippen LogP contribution in [0, 0.1) is 17.5 Å². The number of nitrogen functional groups attached to an aromatic ring is 1. The molecule has 0 bridgehead atoms. The number of carbonyl (C=O) groups excluding carboxylic acids is 1. The van der Waals surface area contributed by atoms with E-state index in [9.17, 15) is 23.1 Å². The van der Waals surface area contributed by atoms with Crippen LogP contribution in [0.2, 0.25) is 0 Å². The van der Waals surface area contributed by atoms with Crippen molar-refractivity contribution in [2.75, 3.05) is 18.9 Å². The molecule has 1 aliphatic heterocycles. The van der Waals surface area contributed by atoms with Crippen molar-refractivity contribution in [3.8, 4) is 11.5 Å². The van der Waals surface area contributed by atoms with E-state index in [4.69, 9.17) is 10.5 Å². The summed E-state index contributed by atoms with van der Waals surface area (Å²) in [5.41, 5.74) is 5.79. The lowest BCUT2D eigenvalue weighted by molar-refractivity contribution is 0.0465. The summed E-state index contributed by atoms with van der Waals surface area (Å²) >= 11 is 0. The van der Waals surface area contributed by atoms with Crippen molar-refractivity contribution in [3.63, 3.8) is 0 Å². The van der Waals surface area contributed by atoms with E-state index in [0.717, 1.165) is 24.3 Å². The van der Waals surface area contributed by atoms with E-state index in [1.54, 1.807) is 12.1 Å². The van der Waals surface area contributed by atoms with Crippen LogP contribution in [-0.4, -0.2) is 45.3 Å². The van der Waals surface area contributed by atoms with Gasteiger partial charge in [-0.3, -0.25) is 4.79 Å². The Hall–Kier alpha value is -3.66. The topological polar surface area (TPSA) is 102 Å². The minimum atomic E-state index is -0.971. The molecule has 33 heavy (non-hydrogen) atoms. The highest BCUT2D eigenvalue weighted by molar-refractivity contribution is 5.95. The predicted octanol–water partition coefficient (Wildman–Crippen LogP) is 3.65. The maximum atomic E-state index is 14.8. The number of nitrogens with zero attached hydrogens (tertiary/aromatic N) is 3. The van der Waals surface area contributed by atoms with Gasteiger partial charge in [0.1, 0.15) is 23.2 Å². The molecule has 4 rings (SSSR count). The standard InChI is InChI=1S/C23H21F3N4O3/c24-14-1-3-16(4-2-14)33-21-11-18(25)17(10-19(21)26)23(32)30-8-7-13(9-15(30)12-31)20-5-6-22(27)29-28-20/h1-6,10-11,13,15,31H,7-9,12H2,(H2,27,29)/t13-,15+/m1/s1. The van der Waals surface area contributed by atoms with Crippen molar-refractivity contribution >= 4 is 11.7 Å². The molecule has 10 heteroatoms. The van der Waals surface area contributed by atoms with Gasteiger partial charge in [0, 0.05) is 18.5 Å². The van der Waals surface area contributed by atoms with Gasteiger partial charge in [0.05, 0.1) is 23.9 Å². The second-order valence-electron chi connectivity index (χ2n) is 7.76. The number of nitrogens with two attached hydrogens (primary N) is 1. The molecule has 1 aliphatic rings. The molecule has 0 radical (unpaired) electrons. The summed E-state index contributed by atoms with van der Waals surface area (Å²) in [7, 11) is 0. The predicted molar refractivity (Wildman–Crippen MR) is 113 cm³/mol. The Morgan fingerprint density at radius 1 is 1.09 bits per heavy atom. The summed E-state index contributed by atoms with van der Waals surface area (Å²) in [6.07, 6.45) is 0.896. The minimum absolute atomic E-state index is 0.0626. The first-order valence-electron chi connectivity index (χ1n) is 10.3. The summed E-state index contributed by atoms with van der Waals surface area (Å²) in [6.45, 7) is -0.129. The first kappa shape index (κ1) is 22.5. The van der Waals surface area contributed by atoms with Crippen LogP contribution in [0.15, 0.2) is 48.5 Å². The summed E-state index contributed by atoms with van der Waals surface area (Å²) in [5.74, 6) is -3.25. The zero-order valence-electron chi connectivity index (χ0n) is 17.4.